The summed E-state index contributed by atoms with van der Waals surface area (Å²) in [5, 5.41) is 11.9. The highest BCUT2D eigenvalue weighted by Crippen LogP contribution is 2.61. The zero-order valence-corrected chi connectivity index (χ0v) is 18.3. The molecule has 5 nitrogen and oxygen atoms in total. The third kappa shape index (κ3) is 2.61. The number of nitrogens with two attached hydrogens (primary N) is 1. The quantitative estimate of drug-likeness (QED) is 0.585. The Morgan fingerprint density at radius 3 is 2.53 bits per heavy atom. The lowest BCUT2D eigenvalue weighted by Gasteiger charge is -2.42. The fourth-order valence-electron chi connectivity index (χ4n) is 6.10. The maximum Gasteiger partial charge on any atom is 0.237 e. The summed E-state index contributed by atoms with van der Waals surface area (Å²) < 4.78 is 0. The van der Waals surface area contributed by atoms with Crippen LogP contribution in [0.3, 0.4) is 0 Å². The van der Waals surface area contributed by atoms with Gasteiger partial charge in [0.25, 0.3) is 0 Å². The fourth-order valence-corrected chi connectivity index (χ4v) is 6.27. The summed E-state index contributed by atoms with van der Waals surface area (Å²) >= 11 is 6.39. The molecule has 32 heavy (non-hydrogen) atoms. The van der Waals surface area contributed by atoms with Crippen LogP contribution in [0.25, 0.3) is 0 Å². The second kappa shape index (κ2) is 6.80. The summed E-state index contributed by atoms with van der Waals surface area (Å²) in [4.78, 5) is 20.3. The van der Waals surface area contributed by atoms with E-state index >= 15 is 0 Å². The first-order chi connectivity index (χ1) is 15.4. The summed E-state index contributed by atoms with van der Waals surface area (Å²) in [5.41, 5.74) is 10.3. The van der Waals surface area contributed by atoms with Crippen LogP contribution in [0.15, 0.2) is 60.9 Å². The molecule has 2 unspecified atom stereocenters. The summed E-state index contributed by atoms with van der Waals surface area (Å²) in [6.07, 6.45) is 5.09. The van der Waals surface area contributed by atoms with Gasteiger partial charge in [-0.25, -0.2) is 0 Å². The molecule has 2 aromatic carbocycles. The van der Waals surface area contributed by atoms with Gasteiger partial charge in [-0.2, -0.15) is 0 Å². The Morgan fingerprint density at radius 1 is 1.09 bits per heavy atom. The molecule has 162 valence electrons. The molecule has 1 aliphatic heterocycles. The molecule has 3 aromatic rings. The maximum absolute atomic E-state index is 14.2. The number of aromatic nitrogens is 1. The number of carbonyl (C=O) groups excluding carboxylic acids is 1. The van der Waals surface area contributed by atoms with Crippen LogP contribution in [-0.2, 0) is 15.8 Å². The molecule has 6 rings (SSSR count). The molecule has 0 saturated carbocycles. The molecule has 2 heterocycles. The Kier molecular flexibility index (Phi) is 4.20. The minimum atomic E-state index is -0.958. The van der Waals surface area contributed by atoms with Crippen LogP contribution >= 0.6 is 11.6 Å². The predicted octanol–water partition coefficient (Wildman–Crippen LogP) is 3.96. The number of rotatable bonds is 2. The molecule has 2 bridgehead atoms. The van der Waals surface area contributed by atoms with Crippen LogP contribution in [0.2, 0.25) is 5.02 Å². The predicted molar refractivity (Wildman–Crippen MR) is 123 cm³/mol. The van der Waals surface area contributed by atoms with Crippen LogP contribution in [0.4, 0.5) is 5.69 Å². The lowest BCUT2D eigenvalue weighted by molar-refractivity contribution is -0.140. The van der Waals surface area contributed by atoms with Gasteiger partial charge in [0.05, 0.1) is 5.60 Å². The van der Waals surface area contributed by atoms with Crippen molar-refractivity contribution in [1.29, 1.82) is 0 Å². The number of hydrogen-bond acceptors (Lipinski definition) is 4. The highest BCUT2D eigenvalue weighted by molar-refractivity contribution is 6.30. The van der Waals surface area contributed by atoms with E-state index in [1.54, 1.807) is 12.4 Å². The molecular formula is C26H24ClN3O2. The SMILES string of the molecule is Nc1ccc2c(c1)C1(C(=O)N3CCC(O)(c4cccnc4)CC3)CC2c2ccc(Cl)cc21. The number of anilines is 1. The van der Waals surface area contributed by atoms with Gasteiger partial charge in [-0.05, 0) is 71.8 Å². The Bertz CT molecular complexity index is 1180. The standard InChI is InChI=1S/C26H24ClN3O2/c27-17-3-5-19-21-14-26(22(19)12-17,23-13-18(28)4-6-20(21)23)24(31)30-10-7-25(32,8-11-30)16-2-1-9-29-15-16/h1-6,9,12-13,15,21,32H,7-8,10-11,14,28H2. The second-order valence-electron chi connectivity index (χ2n) is 9.31. The highest BCUT2D eigenvalue weighted by atomic mass is 35.5. The smallest absolute Gasteiger partial charge is 0.237 e. The second-order valence-corrected chi connectivity index (χ2v) is 9.74. The number of piperidine rings is 1. The third-order valence-corrected chi connectivity index (χ3v) is 7.95. The lowest BCUT2D eigenvalue weighted by atomic mass is 9.73. The average molecular weight is 446 g/mol. The van der Waals surface area contributed by atoms with Crippen molar-refractivity contribution in [2.45, 2.75) is 36.2 Å². The van der Waals surface area contributed by atoms with Crippen molar-refractivity contribution in [2.24, 2.45) is 0 Å². The molecule has 3 aliphatic rings. The minimum Gasteiger partial charge on any atom is -0.399 e. The van der Waals surface area contributed by atoms with Gasteiger partial charge in [-0.1, -0.05) is 29.8 Å². The molecule has 1 amide bonds. The molecule has 6 heteroatoms. The van der Waals surface area contributed by atoms with E-state index in [0.717, 1.165) is 16.7 Å². The van der Waals surface area contributed by atoms with Crippen molar-refractivity contribution in [1.82, 2.24) is 9.88 Å². The Morgan fingerprint density at radius 2 is 1.81 bits per heavy atom. The van der Waals surface area contributed by atoms with Gasteiger partial charge < -0.3 is 15.7 Å². The van der Waals surface area contributed by atoms with Gasteiger partial charge in [0.1, 0.15) is 5.41 Å². The van der Waals surface area contributed by atoms with Crippen molar-refractivity contribution in [3.05, 3.63) is 93.8 Å². The molecule has 1 saturated heterocycles. The van der Waals surface area contributed by atoms with Gasteiger partial charge in [0.2, 0.25) is 5.91 Å². The number of carbonyl (C=O) groups is 1. The number of nitrogens with zero attached hydrogens (tertiary/aromatic N) is 2. The zero-order valence-electron chi connectivity index (χ0n) is 17.6. The van der Waals surface area contributed by atoms with E-state index in [2.05, 4.69) is 17.1 Å². The third-order valence-electron chi connectivity index (χ3n) is 7.72. The van der Waals surface area contributed by atoms with Crippen LogP contribution in [0, 0.1) is 0 Å². The summed E-state index contributed by atoms with van der Waals surface area (Å²) in [7, 11) is 0. The first-order valence-corrected chi connectivity index (χ1v) is 11.4. The molecule has 3 N–H and O–H groups in total. The van der Waals surface area contributed by atoms with Crippen molar-refractivity contribution < 1.29 is 9.90 Å². The number of amides is 1. The van der Waals surface area contributed by atoms with E-state index in [-0.39, 0.29) is 11.8 Å². The molecule has 1 fully saturated rings. The monoisotopic (exact) mass is 445 g/mol. The van der Waals surface area contributed by atoms with E-state index in [0.29, 0.717) is 43.1 Å². The summed E-state index contributed by atoms with van der Waals surface area (Å²) in [5.74, 6) is 0.264. The van der Waals surface area contributed by atoms with Gasteiger partial charge >= 0.3 is 0 Å². The fraction of sp³-hybridized carbons (Fsp3) is 0.308. The van der Waals surface area contributed by atoms with Crippen molar-refractivity contribution in [3.63, 3.8) is 0 Å². The first-order valence-electron chi connectivity index (χ1n) is 11.0. The number of aliphatic hydroxyl groups is 1. The van der Waals surface area contributed by atoms with E-state index in [4.69, 9.17) is 17.3 Å². The summed E-state index contributed by atoms with van der Waals surface area (Å²) in [6.45, 7) is 0.981. The summed E-state index contributed by atoms with van der Waals surface area (Å²) in [6, 6.07) is 15.6. The Balaban J connectivity index is 1.38. The van der Waals surface area contributed by atoms with E-state index in [9.17, 15) is 9.90 Å². The van der Waals surface area contributed by atoms with Gasteiger partial charge in [0.15, 0.2) is 0 Å². The number of hydrogen-bond donors (Lipinski definition) is 2. The Labute approximate surface area is 191 Å². The van der Waals surface area contributed by atoms with E-state index < -0.39 is 11.0 Å². The van der Waals surface area contributed by atoms with E-state index in [1.807, 2.05) is 41.3 Å². The van der Waals surface area contributed by atoms with Gasteiger partial charge in [-0.3, -0.25) is 9.78 Å². The molecule has 1 aromatic heterocycles. The van der Waals surface area contributed by atoms with Crippen LogP contribution in [0.5, 0.6) is 0 Å². The number of halogens is 1. The molecular weight excluding hydrogens is 422 g/mol. The highest BCUT2D eigenvalue weighted by Gasteiger charge is 2.59. The zero-order chi connectivity index (χ0) is 22.1. The largest absolute Gasteiger partial charge is 0.399 e. The van der Waals surface area contributed by atoms with Crippen LogP contribution in [-0.4, -0.2) is 34.0 Å². The topological polar surface area (TPSA) is 79.5 Å². The molecule has 2 aliphatic carbocycles. The van der Waals surface area contributed by atoms with E-state index in [1.165, 1.54) is 11.1 Å². The normalized spacial score (nSPS) is 24.8. The van der Waals surface area contributed by atoms with Crippen LogP contribution < -0.4 is 5.73 Å². The van der Waals surface area contributed by atoms with Crippen molar-refractivity contribution in [2.75, 3.05) is 18.8 Å². The minimum absolute atomic E-state index is 0.0844. The lowest BCUT2D eigenvalue weighted by Crippen LogP contribution is -2.51. The maximum atomic E-state index is 14.2. The molecule has 0 spiro atoms. The number of pyridine rings is 1. The van der Waals surface area contributed by atoms with Crippen molar-refractivity contribution in [3.8, 4) is 0 Å². The Hall–Kier alpha value is -2.89. The number of nitrogen functional groups attached to an aromatic ring is 1. The average Bonchev–Trinajstić information content (AvgIpc) is 3.32. The molecule has 2 atom stereocenters. The number of benzene rings is 2. The van der Waals surface area contributed by atoms with Crippen molar-refractivity contribution >= 4 is 23.2 Å². The first kappa shape index (κ1) is 19.8. The van der Waals surface area contributed by atoms with Gasteiger partial charge in [0, 0.05) is 47.7 Å². The number of fused-ring (bicyclic) bond motifs is 8. The van der Waals surface area contributed by atoms with Crippen LogP contribution in [0.1, 0.15) is 53.0 Å². The number of likely N-dealkylation sites (tertiary alicyclic amines) is 1. The molecule has 0 radical (unpaired) electrons. The van der Waals surface area contributed by atoms with Gasteiger partial charge in [-0.15, -0.1) is 0 Å².